The number of ether oxygens (including phenoxy) is 2. The summed E-state index contributed by atoms with van der Waals surface area (Å²) in [7, 11) is 0. The summed E-state index contributed by atoms with van der Waals surface area (Å²) >= 11 is 0. The van der Waals surface area contributed by atoms with Gasteiger partial charge in [-0.25, -0.2) is 4.79 Å². The zero-order valence-corrected chi connectivity index (χ0v) is 16.2. The Bertz CT molecular complexity index is 498. The second-order valence-corrected chi connectivity index (χ2v) is 7.11. The number of quaternary nitrogens is 1. The number of carbonyl (C=O) groups excluding carboxylic acids is 1. The average Bonchev–Trinajstić information content (AvgIpc) is 3.16. The van der Waals surface area contributed by atoms with E-state index in [0.29, 0.717) is 6.61 Å². The highest BCUT2D eigenvalue weighted by atomic mass is 16.5. The highest BCUT2D eigenvalue weighted by Crippen LogP contribution is 2.16. The Labute approximate surface area is 158 Å². The highest BCUT2D eigenvalue weighted by molar-refractivity contribution is 5.84. The SMILES string of the molecule is CCCCCCCCOc1ccc(NC(=O)OCC[NH+]2CCCC2)cc1. The third kappa shape index (κ3) is 8.56. The van der Waals surface area contributed by atoms with Gasteiger partial charge in [0, 0.05) is 18.5 Å². The lowest BCUT2D eigenvalue weighted by atomic mass is 10.1. The first kappa shape index (κ1) is 20.6. The molecular weight excluding hydrogens is 328 g/mol. The third-order valence-electron chi connectivity index (χ3n) is 4.87. The molecule has 1 aliphatic heterocycles. The smallest absolute Gasteiger partial charge is 0.411 e. The van der Waals surface area contributed by atoms with E-state index in [-0.39, 0.29) is 6.09 Å². The standard InChI is InChI=1S/C21H34N2O3/c1-2-3-4-5-6-9-17-25-20-12-10-19(11-13-20)22-21(24)26-18-16-23-14-7-8-15-23/h10-13H,2-9,14-18H2,1H3,(H,22,24)/p+1. The number of unbranched alkanes of at least 4 members (excludes halogenated alkanes) is 5. The van der Waals surface area contributed by atoms with Gasteiger partial charge in [0.25, 0.3) is 0 Å². The minimum Gasteiger partial charge on any atom is -0.494 e. The van der Waals surface area contributed by atoms with Crippen molar-refractivity contribution in [1.82, 2.24) is 0 Å². The molecule has 2 N–H and O–H groups in total. The summed E-state index contributed by atoms with van der Waals surface area (Å²) in [5.74, 6) is 0.843. The van der Waals surface area contributed by atoms with Crippen molar-refractivity contribution >= 4 is 11.8 Å². The van der Waals surface area contributed by atoms with E-state index in [1.807, 2.05) is 24.3 Å². The van der Waals surface area contributed by atoms with Crippen LogP contribution in [0.3, 0.4) is 0 Å². The molecular formula is C21H35N2O3+. The number of likely N-dealkylation sites (tertiary alicyclic amines) is 1. The van der Waals surface area contributed by atoms with Crippen molar-refractivity contribution in [2.24, 2.45) is 0 Å². The summed E-state index contributed by atoms with van der Waals surface area (Å²) in [5.41, 5.74) is 0.732. The van der Waals surface area contributed by atoms with Crippen LogP contribution in [0, 0.1) is 0 Å². The molecule has 0 aliphatic carbocycles. The molecule has 2 rings (SSSR count). The van der Waals surface area contributed by atoms with Gasteiger partial charge >= 0.3 is 6.09 Å². The van der Waals surface area contributed by atoms with E-state index < -0.39 is 0 Å². The maximum atomic E-state index is 11.8. The largest absolute Gasteiger partial charge is 0.494 e. The number of nitrogens with one attached hydrogen (secondary N) is 2. The molecule has 146 valence electrons. The van der Waals surface area contributed by atoms with Gasteiger partial charge in [-0.2, -0.15) is 0 Å². The van der Waals surface area contributed by atoms with E-state index >= 15 is 0 Å². The monoisotopic (exact) mass is 363 g/mol. The Hall–Kier alpha value is -1.75. The minimum absolute atomic E-state index is 0.385. The topological polar surface area (TPSA) is 52.0 Å². The first-order valence-electron chi connectivity index (χ1n) is 10.3. The highest BCUT2D eigenvalue weighted by Gasteiger charge is 2.15. The van der Waals surface area contributed by atoms with Crippen LogP contribution >= 0.6 is 0 Å². The zero-order valence-electron chi connectivity index (χ0n) is 16.2. The molecule has 1 aliphatic rings. The van der Waals surface area contributed by atoms with Crippen LogP contribution in [-0.2, 0) is 4.74 Å². The molecule has 0 unspecified atom stereocenters. The summed E-state index contributed by atoms with van der Waals surface area (Å²) in [5, 5.41) is 2.76. The Morgan fingerprint density at radius 2 is 1.69 bits per heavy atom. The number of benzene rings is 1. The number of rotatable bonds is 12. The van der Waals surface area contributed by atoms with Gasteiger partial charge in [-0.3, -0.25) is 5.32 Å². The van der Waals surface area contributed by atoms with E-state index in [0.717, 1.165) is 31.0 Å². The normalized spacial score (nSPS) is 14.3. The Morgan fingerprint density at radius 3 is 2.42 bits per heavy atom. The molecule has 26 heavy (non-hydrogen) atoms. The van der Waals surface area contributed by atoms with E-state index in [2.05, 4.69) is 12.2 Å². The minimum atomic E-state index is -0.385. The lowest BCUT2D eigenvalue weighted by Crippen LogP contribution is -3.10. The van der Waals surface area contributed by atoms with E-state index in [4.69, 9.17) is 9.47 Å². The van der Waals surface area contributed by atoms with Crippen molar-refractivity contribution in [2.75, 3.05) is 38.2 Å². The first-order valence-corrected chi connectivity index (χ1v) is 10.3. The van der Waals surface area contributed by atoms with Gasteiger partial charge in [-0.1, -0.05) is 39.0 Å². The predicted molar refractivity (Wildman–Crippen MR) is 105 cm³/mol. The van der Waals surface area contributed by atoms with Crippen LogP contribution < -0.4 is 15.0 Å². The van der Waals surface area contributed by atoms with Crippen LogP contribution in [-0.4, -0.2) is 38.9 Å². The summed E-state index contributed by atoms with van der Waals surface area (Å²) in [4.78, 5) is 13.3. The lowest BCUT2D eigenvalue weighted by molar-refractivity contribution is -0.887. The predicted octanol–water partition coefficient (Wildman–Crippen LogP) is 3.65. The molecule has 5 nitrogen and oxygen atoms in total. The third-order valence-corrected chi connectivity index (χ3v) is 4.87. The molecule has 1 aromatic rings. The Balaban J connectivity index is 1.55. The molecule has 1 amide bonds. The van der Waals surface area contributed by atoms with E-state index in [9.17, 15) is 4.79 Å². The second-order valence-electron chi connectivity index (χ2n) is 7.11. The van der Waals surface area contributed by atoms with Crippen LogP contribution in [0.5, 0.6) is 5.75 Å². The fraction of sp³-hybridized carbons (Fsp3) is 0.667. The van der Waals surface area contributed by atoms with Gasteiger partial charge < -0.3 is 14.4 Å². The summed E-state index contributed by atoms with van der Waals surface area (Å²) in [6.45, 7) is 6.76. The number of hydrogen-bond acceptors (Lipinski definition) is 3. The molecule has 0 bridgehead atoms. The maximum Gasteiger partial charge on any atom is 0.411 e. The van der Waals surface area contributed by atoms with Gasteiger partial charge in [-0.15, -0.1) is 0 Å². The van der Waals surface area contributed by atoms with Crippen LogP contribution in [0.15, 0.2) is 24.3 Å². The van der Waals surface area contributed by atoms with Crippen molar-refractivity contribution in [2.45, 2.75) is 58.3 Å². The molecule has 0 aromatic heterocycles. The summed E-state index contributed by atoms with van der Waals surface area (Å²) < 4.78 is 11.0. The van der Waals surface area contributed by atoms with Crippen LogP contribution in [0.1, 0.15) is 58.3 Å². The molecule has 5 heteroatoms. The van der Waals surface area contributed by atoms with Crippen LogP contribution in [0.2, 0.25) is 0 Å². The fourth-order valence-electron chi connectivity index (χ4n) is 3.27. The molecule has 0 spiro atoms. The quantitative estimate of drug-likeness (QED) is 0.557. The molecule has 0 saturated carbocycles. The van der Waals surface area contributed by atoms with Crippen molar-refractivity contribution in [3.8, 4) is 5.75 Å². The summed E-state index contributed by atoms with van der Waals surface area (Å²) in [6, 6.07) is 7.48. The van der Waals surface area contributed by atoms with Crippen molar-refractivity contribution in [1.29, 1.82) is 0 Å². The van der Waals surface area contributed by atoms with Crippen LogP contribution in [0.4, 0.5) is 10.5 Å². The van der Waals surface area contributed by atoms with Gasteiger partial charge in [0.2, 0.25) is 0 Å². The molecule has 1 fully saturated rings. The zero-order chi connectivity index (χ0) is 18.5. The Kier molecular flexibility index (Phi) is 9.95. The molecule has 1 saturated heterocycles. The van der Waals surface area contributed by atoms with Gasteiger partial charge in [-0.05, 0) is 30.7 Å². The number of amides is 1. The first-order chi connectivity index (χ1) is 12.8. The van der Waals surface area contributed by atoms with E-state index in [1.54, 1.807) is 0 Å². The van der Waals surface area contributed by atoms with Gasteiger partial charge in [0.05, 0.1) is 19.7 Å². The average molecular weight is 364 g/mol. The van der Waals surface area contributed by atoms with Crippen molar-refractivity contribution in [3.05, 3.63) is 24.3 Å². The lowest BCUT2D eigenvalue weighted by Gasteiger charge is -2.12. The second kappa shape index (κ2) is 12.6. The molecule has 1 aromatic carbocycles. The number of anilines is 1. The van der Waals surface area contributed by atoms with Gasteiger partial charge in [0.1, 0.15) is 18.9 Å². The van der Waals surface area contributed by atoms with Crippen molar-refractivity contribution < 1.29 is 19.2 Å². The number of hydrogen-bond donors (Lipinski definition) is 2. The number of carbonyl (C=O) groups is 1. The molecule has 0 radical (unpaired) electrons. The van der Waals surface area contributed by atoms with Gasteiger partial charge in [0.15, 0.2) is 0 Å². The van der Waals surface area contributed by atoms with Crippen LogP contribution in [0.25, 0.3) is 0 Å². The summed E-state index contributed by atoms with van der Waals surface area (Å²) in [6.07, 6.45) is 9.74. The van der Waals surface area contributed by atoms with E-state index in [1.165, 1.54) is 62.9 Å². The molecule has 0 atom stereocenters. The Morgan fingerprint density at radius 1 is 1.00 bits per heavy atom. The van der Waals surface area contributed by atoms with Crippen molar-refractivity contribution in [3.63, 3.8) is 0 Å². The fourth-order valence-corrected chi connectivity index (χ4v) is 3.27. The molecule has 1 heterocycles. The maximum absolute atomic E-state index is 11.8.